The van der Waals surface area contributed by atoms with Crippen LogP contribution < -0.4 is 10.1 Å². The second-order valence-corrected chi connectivity index (χ2v) is 6.78. The fourth-order valence-corrected chi connectivity index (χ4v) is 2.78. The minimum atomic E-state index is -3.38. The average molecular weight is 322 g/mol. The van der Waals surface area contributed by atoms with Crippen molar-refractivity contribution in [2.24, 2.45) is 0 Å². The summed E-state index contributed by atoms with van der Waals surface area (Å²) < 4.78 is 28.5. The van der Waals surface area contributed by atoms with Crippen LogP contribution in [-0.4, -0.2) is 38.4 Å². The normalized spacial score (nSPS) is 12.7. The maximum absolute atomic E-state index is 11.7. The molecular formula is C15H18N2O4S. The third-order valence-electron chi connectivity index (χ3n) is 3.11. The highest BCUT2D eigenvalue weighted by molar-refractivity contribution is 7.90. The summed E-state index contributed by atoms with van der Waals surface area (Å²) in [6, 6.07) is 10.1. The second-order valence-electron chi connectivity index (χ2n) is 4.80. The van der Waals surface area contributed by atoms with Crippen LogP contribution in [-0.2, 0) is 9.84 Å². The molecule has 0 aliphatic heterocycles. The third kappa shape index (κ3) is 3.96. The largest absolute Gasteiger partial charge is 0.497 e. The quantitative estimate of drug-likeness (QED) is 0.840. The Morgan fingerprint density at radius 3 is 2.77 bits per heavy atom. The number of anilines is 1. The molecule has 0 aliphatic rings. The summed E-state index contributed by atoms with van der Waals surface area (Å²) in [7, 11) is -1.83. The van der Waals surface area contributed by atoms with Crippen molar-refractivity contribution in [2.45, 2.75) is 11.0 Å². The molecule has 1 heterocycles. The number of aliphatic hydroxyl groups is 1. The minimum absolute atomic E-state index is 0.104. The van der Waals surface area contributed by atoms with E-state index in [1.54, 1.807) is 37.4 Å². The highest BCUT2D eigenvalue weighted by atomic mass is 32.2. The lowest BCUT2D eigenvalue weighted by atomic mass is 10.1. The molecule has 0 spiro atoms. The van der Waals surface area contributed by atoms with E-state index in [0.717, 1.165) is 6.26 Å². The van der Waals surface area contributed by atoms with Gasteiger partial charge in [0.05, 0.1) is 13.2 Å². The molecule has 1 unspecified atom stereocenters. The van der Waals surface area contributed by atoms with Crippen molar-refractivity contribution in [2.75, 3.05) is 25.2 Å². The van der Waals surface area contributed by atoms with Crippen molar-refractivity contribution >= 4 is 15.7 Å². The highest BCUT2D eigenvalue weighted by Crippen LogP contribution is 2.21. The Morgan fingerprint density at radius 1 is 1.32 bits per heavy atom. The van der Waals surface area contributed by atoms with Gasteiger partial charge < -0.3 is 15.2 Å². The summed E-state index contributed by atoms with van der Waals surface area (Å²) in [5.41, 5.74) is 0.670. The molecular weight excluding hydrogens is 304 g/mol. The molecule has 2 rings (SSSR count). The van der Waals surface area contributed by atoms with Gasteiger partial charge in [-0.2, -0.15) is 0 Å². The van der Waals surface area contributed by atoms with Gasteiger partial charge in [0.25, 0.3) is 0 Å². The van der Waals surface area contributed by atoms with Crippen LogP contribution in [0.2, 0.25) is 0 Å². The number of nitrogens with one attached hydrogen (secondary N) is 1. The zero-order valence-electron chi connectivity index (χ0n) is 12.4. The fraction of sp³-hybridized carbons (Fsp3) is 0.267. The SMILES string of the molecule is COc1cccc(C(O)CNc2ncccc2S(C)(=O)=O)c1. The lowest BCUT2D eigenvalue weighted by molar-refractivity contribution is 0.191. The van der Waals surface area contributed by atoms with E-state index < -0.39 is 15.9 Å². The van der Waals surface area contributed by atoms with Gasteiger partial charge in [-0.3, -0.25) is 0 Å². The molecule has 1 atom stereocenters. The zero-order chi connectivity index (χ0) is 16.2. The Kier molecular flexibility index (Phi) is 4.99. The smallest absolute Gasteiger partial charge is 0.179 e. The number of sulfone groups is 1. The van der Waals surface area contributed by atoms with E-state index in [2.05, 4.69) is 10.3 Å². The highest BCUT2D eigenvalue weighted by Gasteiger charge is 2.15. The minimum Gasteiger partial charge on any atom is -0.497 e. The lowest BCUT2D eigenvalue weighted by Crippen LogP contribution is -2.15. The molecule has 6 nitrogen and oxygen atoms in total. The van der Waals surface area contributed by atoms with Gasteiger partial charge in [-0.15, -0.1) is 0 Å². The van der Waals surface area contributed by atoms with Crippen molar-refractivity contribution in [1.29, 1.82) is 0 Å². The number of pyridine rings is 1. The van der Waals surface area contributed by atoms with Crippen molar-refractivity contribution in [3.8, 4) is 5.75 Å². The first-order valence-electron chi connectivity index (χ1n) is 6.63. The number of rotatable bonds is 6. The number of ether oxygens (including phenoxy) is 1. The van der Waals surface area contributed by atoms with E-state index in [1.807, 2.05) is 0 Å². The Bertz CT molecular complexity index is 747. The van der Waals surface area contributed by atoms with Crippen LogP contribution in [0.1, 0.15) is 11.7 Å². The topological polar surface area (TPSA) is 88.5 Å². The Morgan fingerprint density at radius 2 is 2.09 bits per heavy atom. The van der Waals surface area contributed by atoms with E-state index in [-0.39, 0.29) is 17.3 Å². The molecule has 118 valence electrons. The Labute approximate surface area is 129 Å². The van der Waals surface area contributed by atoms with Crippen LogP contribution in [0.5, 0.6) is 5.75 Å². The standard InChI is InChI=1S/C15H18N2O4S/c1-21-12-6-3-5-11(9-12)13(18)10-17-15-14(22(2,19)20)7-4-8-16-15/h3-9,13,18H,10H2,1-2H3,(H,16,17). The molecule has 0 radical (unpaired) electrons. The molecule has 0 amide bonds. The van der Waals surface area contributed by atoms with Crippen molar-refractivity contribution in [3.63, 3.8) is 0 Å². The van der Waals surface area contributed by atoms with Crippen LogP contribution in [0.25, 0.3) is 0 Å². The van der Waals surface area contributed by atoms with E-state index in [4.69, 9.17) is 4.74 Å². The van der Waals surface area contributed by atoms with Gasteiger partial charge in [0, 0.05) is 19.0 Å². The summed E-state index contributed by atoms with van der Waals surface area (Å²) >= 11 is 0. The fourth-order valence-electron chi connectivity index (χ4n) is 1.98. The molecule has 0 saturated heterocycles. The van der Waals surface area contributed by atoms with Crippen molar-refractivity contribution < 1.29 is 18.3 Å². The molecule has 0 fully saturated rings. The van der Waals surface area contributed by atoms with E-state index in [0.29, 0.717) is 11.3 Å². The zero-order valence-corrected chi connectivity index (χ0v) is 13.2. The number of aromatic nitrogens is 1. The summed E-state index contributed by atoms with van der Waals surface area (Å²) in [5, 5.41) is 13.1. The molecule has 7 heteroatoms. The molecule has 0 aliphatic carbocycles. The molecule has 1 aromatic carbocycles. The van der Waals surface area contributed by atoms with E-state index >= 15 is 0 Å². The third-order valence-corrected chi connectivity index (χ3v) is 4.24. The number of hydrogen-bond donors (Lipinski definition) is 2. The number of aliphatic hydroxyl groups excluding tert-OH is 1. The van der Waals surface area contributed by atoms with E-state index in [9.17, 15) is 13.5 Å². The molecule has 0 saturated carbocycles. The van der Waals surface area contributed by atoms with E-state index in [1.165, 1.54) is 12.3 Å². The summed E-state index contributed by atoms with van der Waals surface area (Å²) in [5.74, 6) is 0.873. The van der Waals surface area contributed by atoms with Gasteiger partial charge in [0.15, 0.2) is 9.84 Å². The second kappa shape index (κ2) is 6.76. The first-order chi connectivity index (χ1) is 10.4. The van der Waals surface area contributed by atoms with Crippen molar-refractivity contribution in [3.05, 3.63) is 48.2 Å². The van der Waals surface area contributed by atoms with Crippen LogP contribution >= 0.6 is 0 Å². The van der Waals surface area contributed by atoms with Gasteiger partial charge in [-0.1, -0.05) is 12.1 Å². The molecule has 2 aromatic rings. The van der Waals surface area contributed by atoms with Gasteiger partial charge in [-0.25, -0.2) is 13.4 Å². The number of nitrogens with zero attached hydrogens (tertiary/aromatic N) is 1. The van der Waals surface area contributed by atoms with Gasteiger partial charge in [-0.05, 0) is 29.8 Å². The van der Waals surface area contributed by atoms with Crippen molar-refractivity contribution in [1.82, 2.24) is 4.98 Å². The summed E-state index contributed by atoms with van der Waals surface area (Å²) in [4.78, 5) is 4.12. The molecule has 2 N–H and O–H groups in total. The van der Waals surface area contributed by atoms with Crippen LogP contribution in [0, 0.1) is 0 Å². The predicted octanol–water partition coefficient (Wildman–Crippen LogP) is 1.64. The molecule has 0 bridgehead atoms. The van der Waals surface area contributed by atoms with Crippen LogP contribution in [0.3, 0.4) is 0 Å². The number of benzene rings is 1. The maximum Gasteiger partial charge on any atom is 0.179 e. The van der Waals surface area contributed by atoms with Gasteiger partial charge in [0.1, 0.15) is 16.5 Å². The lowest BCUT2D eigenvalue weighted by Gasteiger charge is -2.15. The molecule has 22 heavy (non-hydrogen) atoms. The summed E-state index contributed by atoms with van der Waals surface area (Å²) in [6.45, 7) is 0.132. The molecule has 1 aromatic heterocycles. The first-order valence-corrected chi connectivity index (χ1v) is 8.52. The first kappa shape index (κ1) is 16.3. The average Bonchev–Trinajstić information content (AvgIpc) is 2.52. The number of hydrogen-bond acceptors (Lipinski definition) is 6. The van der Waals surface area contributed by atoms with Gasteiger partial charge >= 0.3 is 0 Å². The van der Waals surface area contributed by atoms with Crippen LogP contribution in [0.4, 0.5) is 5.82 Å². The van der Waals surface area contributed by atoms with Gasteiger partial charge in [0.2, 0.25) is 0 Å². The Balaban J connectivity index is 2.13. The number of methoxy groups -OCH3 is 1. The maximum atomic E-state index is 11.7. The monoisotopic (exact) mass is 322 g/mol. The van der Waals surface area contributed by atoms with Crippen LogP contribution in [0.15, 0.2) is 47.5 Å². The summed E-state index contributed by atoms with van der Waals surface area (Å²) in [6.07, 6.45) is 1.80. The Hall–Kier alpha value is -2.12. The predicted molar refractivity (Wildman–Crippen MR) is 83.8 cm³/mol.